The number of hydrogen-bond acceptors (Lipinski definition) is 2. The van der Waals surface area contributed by atoms with Gasteiger partial charge in [-0.1, -0.05) is 48.1 Å². The Morgan fingerprint density at radius 3 is 2.68 bits per heavy atom. The molecular weight excluding hydrogens is 285 g/mol. The summed E-state index contributed by atoms with van der Waals surface area (Å²) in [7, 11) is 0. The van der Waals surface area contributed by atoms with Gasteiger partial charge in [-0.15, -0.1) is 0 Å². The van der Waals surface area contributed by atoms with E-state index < -0.39 is 5.82 Å². The summed E-state index contributed by atoms with van der Waals surface area (Å²) in [5.74, 6) is 0.0155. The van der Waals surface area contributed by atoms with Gasteiger partial charge in [0.2, 0.25) is 0 Å². The zero-order valence-electron chi connectivity index (χ0n) is 9.90. The van der Waals surface area contributed by atoms with Crippen molar-refractivity contribution in [1.82, 2.24) is 0 Å². The SMILES string of the molecule is NC(=S)c1ccccc1COc1ccc(F)cc1Cl. The van der Waals surface area contributed by atoms with Gasteiger partial charge in [-0.3, -0.25) is 0 Å². The highest BCUT2D eigenvalue weighted by Crippen LogP contribution is 2.26. The summed E-state index contributed by atoms with van der Waals surface area (Å²) in [5, 5.41) is 0.229. The summed E-state index contributed by atoms with van der Waals surface area (Å²) < 4.78 is 18.5. The Morgan fingerprint density at radius 2 is 2.00 bits per heavy atom. The van der Waals surface area contributed by atoms with Crippen LogP contribution >= 0.6 is 23.8 Å². The van der Waals surface area contributed by atoms with Gasteiger partial charge in [0.25, 0.3) is 0 Å². The van der Waals surface area contributed by atoms with Crippen LogP contribution in [0.1, 0.15) is 11.1 Å². The fourth-order valence-electron chi connectivity index (χ4n) is 1.63. The van der Waals surface area contributed by atoms with Crippen LogP contribution in [0.3, 0.4) is 0 Å². The predicted octanol–water partition coefficient (Wildman–Crippen LogP) is 3.69. The molecule has 0 amide bonds. The average molecular weight is 296 g/mol. The van der Waals surface area contributed by atoms with Crippen molar-refractivity contribution in [2.24, 2.45) is 5.73 Å². The number of halogens is 2. The van der Waals surface area contributed by atoms with Crippen molar-refractivity contribution in [1.29, 1.82) is 0 Å². The van der Waals surface area contributed by atoms with Gasteiger partial charge in [0.05, 0.1) is 5.02 Å². The summed E-state index contributed by atoms with van der Waals surface area (Å²) in [6.07, 6.45) is 0. The average Bonchev–Trinajstić information content (AvgIpc) is 2.38. The van der Waals surface area contributed by atoms with E-state index in [2.05, 4.69) is 0 Å². The Kier molecular flexibility index (Phi) is 4.35. The van der Waals surface area contributed by atoms with Gasteiger partial charge in [0.1, 0.15) is 23.2 Å². The van der Waals surface area contributed by atoms with E-state index in [9.17, 15) is 4.39 Å². The highest BCUT2D eigenvalue weighted by molar-refractivity contribution is 7.80. The molecule has 0 aliphatic carbocycles. The van der Waals surface area contributed by atoms with Crippen molar-refractivity contribution in [2.75, 3.05) is 0 Å². The third-order valence-corrected chi connectivity index (χ3v) is 3.08. The number of benzene rings is 2. The second-order valence-electron chi connectivity index (χ2n) is 3.88. The lowest BCUT2D eigenvalue weighted by molar-refractivity contribution is 0.306. The lowest BCUT2D eigenvalue weighted by Crippen LogP contribution is -2.13. The summed E-state index contributed by atoms with van der Waals surface area (Å²) in [6.45, 7) is 0.263. The first-order chi connectivity index (χ1) is 9.08. The molecule has 98 valence electrons. The normalized spacial score (nSPS) is 10.2. The molecule has 0 fully saturated rings. The standard InChI is InChI=1S/C14H11ClFNOS/c15-12-7-10(16)5-6-13(12)18-8-9-3-1-2-4-11(9)14(17)19/h1-7H,8H2,(H2,17,19). The minimum atomic E-state index is -0.402. The minimum Gasteiger partial charge on any atom is -0.487 e. The largest absolute Gasteiger partial charge is 0.487 e. The first-order valence-corrected chi connectivity index (χ1v) is 6.32. The van der Waals surface area contributed by atoms with Gasteiger partial charge in [-0.25, -0.2) is 4.39 Å². The molecule has 0 aromatic heterocycles. The Hall–Kier alpha value is -1.65. The zero-order valence-corrected chi connectivity index (χ0v) is 11.5. The van der Waals surface area contributed by atoms with Gasteiger partial charge < -0.3 is 10.5 Å². The summed E-state index contributed by atoms with van der Waals surface area (Å²) in [4.78, 5) is 0.310. The molecule has 0 aliphatic heterocycles. The molecular formula is C14H11ClFNOS. The van der Waals surface area contributed by atoms with Crippen LogP contribution in [0.5, 0.6) is 5.75 Å². The molecule has 0 saturated carbocycles. The van der Waals surface area contributed by atoms with Crippen molar-refractivity contribution in [2.45, 2.75) is 6.61 Å². The van der Waals surface area contributed by atoms with E-state index in [0.717, 1.165) is 11.1 Å². The van der Waals surface area contributed by atoms with E-state index in [1.54, 1.807) is 0 Å². The molecule has 0 aliphatic rings. The summed E-state index contributed by atoms with van der Waals surface area (Å²) in [6, 6.07) is 11.4. The molecule has 2 aromatic carbocycles. The van der Waals surface area contributed by atoms with Gasteiger partial charge in [-0.2, -0.15) is 0 Å². The van der Waals surface area contributed by atoms with Gasteiger partial charge in [0.15, 0.2) is 0 Å². The van der Waals surface area contributed by atoms with Crippen LogP contribution in [0.2, 0.25) is 5.02 Å². The van der Waals surface area contributed by atoms with Crippen LogP contribution in [-0.2, 0) is 6.61 Å². The first kappa shape index (κ1) is 13.8. The fraction of sp³-hybridized carbons (Fsp3) is 0.0714. The molecule has 0 saturated heterocycles. The summed E-state index contributed by atoms with van der Waals surface area (Å²) in [5.41, 5.74) is 7.25. The third-order valence-electron chi connectivity index (χ3n) is 2.56. The second-order valence-corrected chi connectivity index (χ2v) is 4.73. The van der Waals surface area contributed by atoms with E-state index in [-0.39, 0.29) is 11.6 Å². The highest BCUT2D eigenvalue weighted by Gasteiger charge is 2.07. The molecule has 0 unspecified atom stereocenters. The van der Waals surface area contributed by atoms with Crippen LogP contribution in [0.4, 0.5) is 4.39 Å². The van der Waals surface area contributed by atoms with Crippen molar-refractivity contribution in [3.8, 4) is 5.75 Å². The molecule has 0 bridgehead atoms. The molecule has 2 nitrogen and oxygen atoms in total. The van der Waals surface area contributed by atoms with Crippen molar-refractivity contribution < 1.29 is 9.13 Å². The van der Waals surface area contributed by atoms with E-state index in [1.165, 1.54) is 18.2 Å². The van der Waals surface area contributed by atoms with Crippen LogP contribution in [0.15, 0.2) is 42.5 Å². The first-order valence-electron chi connectivity index (χ1n) is 5.53. The molecule has 0 heterocycles. The predicted molar refractivity (Wildman–Crippen MR) is 78.1 cm³/mol. The maximum absolute atomic E-state index is 12.9. The van der Waals surface area contributed by atoms with Gasteiger partial charge in [-0.05, 0) is 23.8 Å². The van der Waals surface area contributed by atoms with Gasteiger partial charge >= 0.3 is 0 Å². The molecule has 2 N–H and O–H groups in total. The molecule has 5 heteroatoms. The second kappa shape index (κ2) is 5.99. The fourth-order valence-corrected chi connectivity index (χ4v) is 2.06. The smallest absolute Gasteiger partial charge is 0.138 e. The van der Waals surface area contributed by atoms with E-state index in [0.29, 0.717) is 10.7 Å². The van der Waals surface area contributed by atoms with Crippen molar-refractivity contribution in [3.05, 3.63) is 64.4 Å². The van der Waals surface area contributed by atoms with Crippen LogP contribution in [0.25, 0.3) is 0 Å². The van der Waals surface area contributed by atoms with Crippen LogP contribution in [-0.4, -0.2) is 4.99 Å². The third kappa shape index (κ3) is 3.43. The molecule has 0 radical (unpaired) electrons. The quantitative estimate of drug-likeness (QED) is 0.874. The Morgan fingerprint density at radius 1 is 1.26 bits per heavy atom. The lowest BCUT2D eigenvalue weighted by atomic mass is 10.1. The number of hydrogen-bond donors (Lipinski definition) is 1. The van der Waals surface area contributed by atoms with Crippen LogP contribution in [0, 0.1) is 5.82 Å². The topological polar surface area (TPSA) is 35.2 Å². The van der Waals surface area contributed by atoms with E-state index >= 15 is 0 Å². The lowest BCUT2D eigenvalue weighted by Gasteiger charge is -2.11. The molecule has 2 aromatic rings. The number of nitrogens with two attached hydrogens (primary N) is 1. The Bertz CT molecular complexity index is 618. The number of thiocarbonyl (C=S) groups is 1. The molecule has 2 rings (SSSR count). The molecule has 19 heavy (non-hydrogen) atoms. The van der Waals surface area contributed by atoms with E-state index in [1.807, 2.05) is 24.3 Å². The van der Waals surface area contributed by atoms with Crippen molar-refractivity contribution >= 4 is 28.8 Å². The maximum Gasteiger partial charge on any atom is 0.138 e. The number of rotatable bonds is 4. The monoisotopic (exact) mass is 295 g/mol. The summed E-state index contributed by atoms with van der Waals surface area (Å²) >= 11 is 10.9. The highest BCUT2D eigenvalue weighted by atomic mass is 35.5. The number of ether oxygens (including phenoxy) is 1. The van der Waals surface area contributed by atoms with Gasteiger partial charge in [0, 0.05) is 5.56 Å². The maximum atomic E-state index is 12.9. The zero-order chi connectivity index (χ0) is 13.8. The molecule has 0 atom stereocenters. The van der Waals surface area contributed by atoms with E-state index in [4.69, 9.17) is 34.3 Å². The van der Waals surface area contributed by atoms with Crippen LogP contribution < -0.4 is 10.5 Å². The Balaban J connectivity index is 2.17. The Labute approximate surface area is 120 Å². The molecule has 0 spiro atoms. The van der Waals surface area contributed by atoms with Crippen molar-refractivity contribution in [3.63, 3.8) is 0 Å². The minimum absolute atomic E-state index is 0.229.